The fourth-order valence-electron chi connectivity index (χ4n) is 1.36. The fraction of sp³-hybridized carbons (Fsp3) is 0.364. The fourth-order valence-corrected chi connectivity index (χ4v) is 2.15. The van der Waals surface area contributed by atoms with Crippen LogP contribution in [0.1, 0.15) is 18.5 Å². The zero-order valence-electron chi connectivity index (χ0n) is 9.83. The molecule has 1 aromatic carbocycles. The number of rotatable bonds is 4. The van der Waals surface area contributed by atoms with Crippen LogP contribution in [0.3, 0.4) is 0 Å². The Kier molecular flexibility index (Phi) is 8.01. The van der Waals surface area contributed by atoms with Crippen molar-refractivity contribution in [3.05, 3.63) is 32.8 Å². The summed E-state index contributed by atoms with van der Waals surface area (Å²) >= 11 is 17.6. The van der Waals surface area contributed by atoms with Gasteiger partial charge in [-0.25, -0.2) is 9.18 Å². The highest BCUT2D eigenvalue weighted by Crippen LogP contribution is 2.36. The predicted octanol–water partition coefficient (Wildman–Crippen LogP) is 3.97. The van der Waals surface area contributed by atoms with E-state index in [4.69, 9.17) is 40.5 Å². The first kappa shape index (κ1) is 18.7. The summed E-state index contributed by atoms with van der Waals surface area (Å²) in [6.45, 7) is 1.62. The summed E-state index contributed by atoms with van der Waals surface area (Å²) in [6, 6.07) is 1.56. The van der Waals surface area contributed by atoms with Crippen LogP contribution in [0, 0.1) is 0 Å². The average molecular weight is 351 g/mol. The minimum atomic E-state index is -2.06. The number of carbonyl (C=O) groups excluding carboxylic acids is 1. The number of alkyl halides is 1. The second-order valence-corrected chi connectivity index (χ2v) is 4.63. The van der Waals surface area contributed by atoms with Crippen LogP contribution in [0.25, 0.3) is 0 Å². The number of halogens is 5. The van der Waals surface area contributed by atoms with E-state index in [0.29, 0.717) is 0 Å². The smallest absolute Gasteiger partial charge is 0.342 e. The van der Waals surface area contributed by atoms with Gasteiger partial charge in [-0.2, -0.15) is 0 Å². The summed E-state index contributed by atoms with van der Waals surface area (Å²) in [6.07, 6.45) is -2.06. The number of hydrogen-bond acceptors (Lipinski definition) is 3. The van der Waals surface area contributed by atoms with E-state index in [1.807, 2.05) is 0 Å². The Bertz CT molecular complexity index is 459. The first-order chi connectivity index (χ1) is 8.40. The Morgan fingerprint density at radius 2 is 1.89 bits per heavy atom. The maximum absolute atomic E-state index is 13.8. The normalized spacial score (nSPS) is 13.4. The maximum atomic E-state index is 13.8. The summed E-state index contributed by atoms with van der Waals surface area (Å²) in [4.78, 5) is 11.3. The molecule has 2 N–H and O–H groups in total. The molecule has 0 bridgehead atoms. The third kappa shape index (κ3) is 4.36. The number of carbonyl (C=O) groups is 1. The van der Waals surface area contributed by atoms with Crippen molar-refractivity contribution in [1.29, 1.82) is 0 Å². The van der Waals surface area contributed by atoms with Crippen molar-refractivity contribution in [1.82, 2.24) is 0 Å². The molecule has 0 fully saturated rings. The van der Waals surface area contributed by atoms with Crippen molar-refractivity contribution in [3.8, 4) is 0 Å². The second kappa shape index (κ2) is 8.12. The summed E-state index contributed by atoms with van der Waals surface area (Å²) in [7, 11) is 0. The van der Waals surface area contributed by atoms with E-state index < -0.39 is 18.2 Å². The predicted molar refractivity (Wildman–Crippen MR) is 77.2 cm³/mol. The SMILES string of the molecule is CCOC(=O)C(F)[C@@H](N)c1c(Cl)ccc(Cl)c1Cl.Cl. The van der Waals surface area contributed by atoms with Crippen molar-refractivity contribution >= 4 is 53.2 Å². The largest absolute Gasteiger partial charge is 0.464 e. The van der Waals surface area contributed by atoms with Crippen molar-refractivity contribution in [3.63, 3.8) is 0 Å². The van der Waals surface area contributed by atoms with Gasteiger partial charge in [-0.05, 0) is 19.1 Å². The van der Waals surface area contributed by atoms with Crippen LogP contribution in [-0.4, -0.2) is 18.7 Å². The second-order valence-electron chi connectivity index (χ2n) is 3.44. The highest BCUT2D eigenvalue weighted by molar-refractivity contribution is 6.44. The molecular formula is C11H12Cl4FNO2. The molecule has 3 nitrogen and oxygen atoms in total. The zero-order valence-corrected chi connectivity index (χ0v) is 12.9. The Morgan fingerprint density at radius 1 is 1.37 bits per heavy atom. The van der Waals surface area contributed by atoms with Crippen LogP contribution in [0.5, 0.6) is 0 Å². The highest BCUT2D eigenvalue weighted by atomic mass is 35.5. The van der Waals surface area contributed by atoms with Crippen molar-refractivity contribution < 1.29 is 13.9 Å². The lowest BCUT2D eigenvalue weighted by Gasteiger charge is -2.18. The molecule has 1 aromatic rings. The number of ether oxygens (including phenoxy) is 1. The molecule has 0 aliphatic rings. The number of benzene rings is 1. The van der Waals surface area contributed by atoms with E-state index in [-0.39, 0.29) is 39.6 Å². The van der Waals surface area contributed by atoms with E-state index in [2.05, 4.69) is 4.74 Å². The molecule has 8 heteroatoms. The van der Waals surface area contributed by atoms with Gasteiger partial charge in [-0.15, -0.1) is 12.4 Å². The lowest BCUT2D eigenvalue weighted by Crippen LogP contribution is -2.32. The molecule has 0 saturated carbocycles. The molecule has 19 heavy (non-hydrogen) atoms. The van der Waals surface area contributed by atoms with Crippen LogP contribution in [-0.2, 0) is 9.53 Å². The number of hydrogen-bond donors (Lipinski definition) is 1. The molecule has 2 atom stereocenters. The van der Waals surface area contributed by atoms with Gasteiger partial charge in [0.05, 0.1) is 22.7 Å². The first-order valence-electron chi connectivity index (χ1n) is 5.09. The van der Waals surface area contributed by atoms with Crippen LogP contribution in [0.2, 0.25) is 15.1 Å². The van der Waals surface area contributed by atoms with Crippen molar-refractivity contribution in [2.24, 2.45) is 5.73 Å². The zero-order chi connectivity index (χ0) is 13.9. The molecule has 1 rings (SSSR count). The molecule has 0 spiro atoms. The standard InChI is InChI=1S/C11H11Cl3FNO2.ClH/c1-2-18-11(17)9(15)10(16)7-5(12)3-4-6(13)8(7)14;/h3-4,9-10H,2,16H2,1H3;1H/t9?,10-;/m0./s1. The molecule has 0 aromatic heterocycles. The molecule has 0 heterocycles. The highest BCUT2D eigenvalue weighted by Gasteiger charge is 2.31. The third-order valence-corrected chi connectivity index (χ3v) is 3.39. The van der Waals surface area contributed by atoms with Crippen LogP contribution in [0.15, 0.2) is 12.1 Å². The molecule has 0 aliphatic carbocycles. The Hall–Kier alpha value is -0.260. The molecule has 0 aliphatic heterocycles. The van der Waals surface area contributed by atoms with Crippen LogP contribution < -0.4 is 5.73 Å². The summed E-state index contributed by atoms with van der Waals surface area (Å²) in [5.74, 6) is -1.06. The van der Waals surface area contributed by atoms with Gasteiger partial charge in [0.1, 0.15) is 0 Å². The number of nitrogens with two attached hydrogens (primary N) is 1. The van der Waals surface area contributed by atoms with Gasteiger partial charge in [0.25, 0.3) is 0 Å². The Morgan fingerprint density at radius 3 is 2.42 bits per heavy atom. The average Bonchev–Trinajstić information content (AvgIpc) is 2.33. The maximum Gasteiger partial charge on any atom is 0.342 e. The van der Waals surface area contributed by atoms with E-state index >= 15 is 0 Å². The van der Waals surface area contributed by atoms with Crippen molar-refractivity contribution in [2.75, 3.05) is 6.61 Å². The Balaban J connectivity index is 0.00000324. The van der Waals surface area contributed by atoms with Gasteiger partial charge >= 0.3 is 5.97 Å². The van der Waals surface area contributed by atoms with E-state index in [1.54, 1.807) is 6.92 Å². The van der Waals surface area contributed by atoms with Gasteiger partial charge in [-0.3, -0.25) is 0 Å². The van der Waals surface area contributed by atoms with E-state index in [9.17, 15) is 9.18 Å². The Labute approximate surface area is 131 Å². The van der Waals surface area contributed by atoms with Gasteiger partial charge in [-0.1, -0.05) is 34.8 Å². The van der Waals surface area contributed by atoms with Crippen LogP contribution >= 0.6 is 47.2 Å². The van der Waals surface area contributed by atoms with Gasteiger partial charge in [0, 0.05) is 10.6 Å². The van der Waals surface area contributed by atoms with Gasteiger partial charge in [0.2, 0.25) is 6.17 Å². The minimum Gasteiger partial charge on any atom is -0.464 e. The third-order valence-electron chi connectivity index (χ3n) is 2.24. The summed E-state index contributed by atoms with van der Waals surface area (Å²) in [5, 5.41) is 0.357. The molecule has 108 valence electrons. The summed E-state index contributed by atoms with van der Waals surface area (Å²) < 4.78 is 18.3. The molecule has 0 radical (unpaired) electrons. The monoisotopic (exact) mass is 349 g/mol. The van der Waals surface area contributed by atoms with Crippen LogP contribution in [0.4, 0.5) is 4.39 Å². The van der Waals surface area contributed by atoms with E-state index in [1.165, 1.54) is 12.1 Å². The molecule has 0 saturated heterocycles. The van der Waals surface area contributed by atoms with E-state index in [0.717, 1.165) is 0 Å². The van der Waals surface area contributed by atoms with Crippen molar-refractivity contribution in [2.45, 2.75) is 19.1 Å². The summed E-state index contributed by atoms with van der Waals surface area (Å²) in [5.41, 5.74) is 5.73. The lowest BCUT2D eigenvalue weighted by atomic mass is 10.0. The minimum absolute atomic E-state index is 0. The number of esters is 1. The van der Waals surface area contributed by atoms with Gasteiger partial charge in [0.15, 0.2) is 0 Å². The topological polar surface area (TPSA) is 52.3 Å². The van der Waals surface area contributed by atoms with Gasteiger partial charge < -0.3 is 10.5 Å². The molecule has 0 amide bonds. The first-order valence-corrected chi connectivity index (χ1v) is 6.23. The molecular weight excluding hydrogens is 339 g/mol. The lowest BCUT2D eigenvalue weighted by molar-refractivity contribution is -0.149. The quantitative estimate of drug-likeness (QED) is 0.660. The molecule has 1 unspecified atom stereocenters.